The average Bonchev–Trinajstić information content (AvgIpc) is 3.66. The van der Waals surface area contributed by atoms with Crippen LogP contribution in [0.1, 0.15) is 110 Å². The number of hydrogen-bond donors (Lipinski definition) is 2. The van der Waals surface area contributed by atoms with E-state index in [9.17, 15) is 42.3 Å². The summed E-state index contributed by atoms with van der Waals surface area (Å²) in [5.74, 6) is -8.75. The highest BCUT2D eigenvalue weighted by atomic mass is 79.9. The van der Waals surface area contributed by atoms with Gasteiger partial charge in [0.25, 0.3) is 0 Å². The molecule has 15 nitrogen and oxygen atoms in total. The van der Waals surface area contributed by atoms with Gasteiger partial charge in [0.15, 0.2) is 17.7 Å². The first-order chi connectivity index (χ1) is 33.2. The Hall–Kier alpha value is -5.61. The summed E-state index contributed by atoms with van der Waals surface area (Å²) in [6.07, 6.45) is -8.00. The topological polar surface area (TPSA) is 213 Å². The average molecular weight is 1060 g/mol. The lowest BCUT2D eigenvalue weighted by Gasteiger charge is -2.34. The second-order valence-electron chi connectivity index (χ2n) is 19.3. The first kappa shape index (κ1) is 59.7. The van der Waals surface area contributed by atoms with E-state index in [4.69, 9.17) is 15.7 Å². The standard InChI is InChI=1S/C52H70BrF3N6O9/c1-10-40(58)49(67)61(9)42(25-32(4)5)45(64)28-36(24-31(2)3)48(66)60(8)43(26-37-30-62(41-15-12-11-14-39(37)41)29-34-17-19-38(53)20-18-34)44(63)27-35(21-22-52(54,55)56)47(65)59(7)33(6)51(70)71-46(50(68)69)16-13-23-57/h11-12,14-15,17-20,30-33,35-36,40,42-43,46H,10,13,16,21-22,24-29,58H2,1-9H3,(H,68,69)/t33-,35+,36+,40-,42-,43-,46+/m0/s1. The van der Waals surface area contributed by atoms with Crippen LogP contribution in [0.4, 0.5) is 13.2 Å². The number of esters is 1. The summed E-state index contributed by atoms with van der Waals surface area (Å²) in [5, 5.41) is 19.2. The van der Waals surface area contributed by atoms with Gasteiger partial charge < -0.3 is 34.8 Å². The molecule has 0 spiro atoms. The Morgan fingerprint density at radius 3 is 1.93 bits per heavy atom. The Labute approximate surface area is 423 Å². The van der Waals surface area contributed by atoms with E-state index >= 15 is 9.59 Å². The molecule has 0 aliphatic rings. The number of likely N-dealkylation sites (N-methyl/N-ethyl adjacent to an activating group) is 3. The van der Waals surface area contributed by atoms with Crippen LogP contribution < -0.4 is 5.73 Å². The number of carboxylic acids is 1. The van der Waals surface area contributed by atoms with E-state index in [1.54, 1.807) is 13.0 Å². The van der Waals surface area contributed by atoms with Crippen LogP contribution in [0.2, 0.25) is 0 Å². The van der Waals surface area contributed by atoms with E-state index in [1.165, 1.54) is 30.8 Å². The number of aliphatic carboxylic acids is 1. The number of rotatable bonds is 28. The second-order valence-corrected chi connectivity index (χ2v) is 20.2. The van der Waals surface area contributed by atoms with Crippen molar-refractivity contribution in [1.82, 2.24) is 19.3 Å². The van der Waals surface area contributed by atoms with E-state index in [1.807, 2.05) is 87.0 Å². The zero-order valence-corrected chi connectivity index (χ0v) is 43.8. The van der Waals surface area contributed by atoms with Crippen LogP contribution in [0.25, 0.3) is 10.9 Å². The van der Waals surface area contributed by atoms with Gasteiger partial charge in [-0.05, 0) is 73.8 Å². The van der Waals surface area contributed by atoms with Crippen molar-refractivity contribution in [3.63, 3.8) is 0 Å². The molecule has 2 aromatic carbocycles. The minimum Gasteiger partial charge on any atom is -0.479 e. The monoisotopic (exact) mass is 1060 g/mol. The van der Waals surface area contributed by atoms with Crippen LogP contribution in [0.5, 0.6) is 0 Å². The molecule has 390 valence electrons. The molecule has 3 rings (SSSR count). The Bertz CT molecular complexity index is 2370. The van der Waals surface area contributed by atoms with E-state index in [2.05, 4.69) is 15.9 Å². The van der Waals surface area contributed by atoms with Crippen molar-refractivity contribution in [2.75, 3.05) is 21.1 Å². The number of nitrogens with two attached hydrogens (primary N) is 1. The summed E-state index contributed by atoms with van der Waals surface area (Å²) in [4.78, 5) is 100. The fraction of sp³-hybridized carbons (Fsp3) is 0.577. The van der Waals surface area contributed by atoms with E-state index in [0.29, 0.717) is 24.9 Å². The summed E-state index contributed by atoms with van der Waals surface area (Å²) in [6, 6.07) is 12.2. The lowest BCUT2D eigenvalue weighted by atomic mass is 9.85. The van der Waals surface area contributed by atoms with Gasteiger partial charge in [-0.2, -0.15) is 18.4 Å². The number of halogens is 4. The first-order valence-electron chi connectivity index (χ1n) is 24.0. The number of aromatic nitrogens is 1. The summed E-state index contributed by atoms with van der Waals surface area (Å²) < 4.78 is 49.7. The van der Waals surface area contributed by atoms with Gasteiger partial charge in [0, 0.05) is 99.6 Å². The number of carboxylic acid groups (broad SMARTS) is 1. The van der Waals surface area contributed by atoms with Crippen LogP contribution in [0.3, 0.4) is 0 Å². The van der Waals surface area contributed by atoms with Gasteiger partial charge in [-0.15, -0.1) is 0 Å². The van der Waals surface area contributed by atoms with Gasteiger partial charge >= 0.3 is 18.1 Å². The van der Waals surface area contributed by atoms with E-state index < -0.39 is 103 Å². The van der Waals surface area contributed by atoms with Crippen LogP contribution >= 0.6 is 15.9 Å². The molecule has 0 saturated carbocycles. The molecule has 3 amide bonds. The number of benzene rings is 2. The zero-order valence-electron chi connectivity index (χ0n) is 42.2. The van der Waals surface area contributed by atoms with Gasteiger partial charge in [0.1, 0.15) is 6.04 Å². The maximum Gasteiger partial charge on any atom is 0.389 e. The number of nitrogens with zero attached hydrogens (tertiary/aromatic N) is 5. The molecule has 71 heavy (non-hydrogen) atoms. The number of amides is 3. The molecule has 3 N–H and O–H groups in total. The number of para-hydroxylation sites is 1. The predicted octanol–water partition coefficient (Wildman–Crippen LogP) is 8.12. The molecule has 1 aromatic heterocycles. The number of ketones is 2. The van der Waals surface area contributed by atoms with Crippen molar-refractivity contribution in [2.45, 2.75) is 149 Å². The minimum absolute atomic E-state index is 0.0244. The van der Waals surface area contributed by atoms with Gasteiger partial charge in [-0.1, -0.05) is 80.9 Å². The zero-order chi connectivity index (χ0) is 53.5. The molecule has 1 heterocycles. The Kier molecular flexibility index (Phi) is 22.9. The van der Waals surface area contributed by atoms with Crippen LogP contribution in [-0.2, 0) is 51.3 Å². The third kappa shape index (κ3) is 17.6. The highest BCUT2D eigenvalue weighted by Crippen LogP contribution is 2.31. The van der Waals surface area contributed by atoms with Gasteiger partial charge in [-0.3, -0.25) is 24.0 Å². The lowest BCUT2D eigenvalue weighted by molar-refractivity contribution is -0.169. The highest BCUT2D eigenvalue weighted by molar-refractivity contribution is 9.10. The molecule has 0 radical (unpaired) electrons. The van der Waals surface area contributed by atoms with Crippen molar-refractivity contribution in [1.29, 1.82) is 5.26 Å². The number of carbonyl (C=O) groups excluding carboxylic acids is 6. The molecule has 7 atom stereocenters. The van der Waals surface area contributed by atoms with Crippen molar-refractivity contribution in [3.8, 4) is 6.07 Å². The third-order valence-electron chi connectivity index (χ3n) is 12.8. The summed E-state index contributed by atoms with van der Waals surface area (Å²) >= 11 is 3.46. The molecule has 19 heteroatoms. The number of nitriles is 1. The summed E-state index contributed by atoms with van der Waals surface area (Å²) in [6.45, 7) is 10.9. The van der Waals surface area contributed by atoms with E-state index in [0.717, 1.165) is 32.9 Å². The molecular weight excluding hydrogens is 990 g/mol. The maximum atomic E-state index is 15.0. The number of carbonyl (C=O) groups is 7. The minimum atomic E-state index is -4.76. The van der Waals surface area contributed by atoms with Crippen molar-refractivity contribution < 1.29 is 56.6 Å². The van der Waals surface area contributed by atoms with Gasteiger partial charge in [0.2, 0.25) is 17.7 Å². The number of fused-ring (bicyclic) bond motifs is 1. The van der Waals surface area contributed by atoms with Crippen molar-refractivity contribution in [2.24, 2.45) is 29.4 Å². The van der Waals surface area contributed by atoms with Crippen LogP contribution in [0, 0.1) is 35.0 Å². The largest absolute Gasteiger partial charge is 0.479 e. The van der Waals surface area contributed by atoms with Crippen LogP contribution in [0.15, 0.2) is 59.2 Å². The third-order valence-corrected chi connectivity index (χ3v) is 13.4. The second kappa shape index (κ2) is 27.3. The fourth-order valence-electron chi connectivity index (χ4n) is 8.61. The fourth-order valence-corrected chi connectivity index (χ4v) is 8.88. The number of Topliss-reactive ketones (excluding diaryl/α,β-unsaturated/α-hetero) is 2. The summed E-state index contributed by atoms with van der Waals surface area (Å²) in [5.41, 5.74) is 8.47. The number of alkyl halides is 3. The normalized spacial score (nSPS) is 14.7. The Morgan fingerprint density at radius 1 is 0.803 bits per heavy atom. The molecule has 0 fully saturated rings. The molecule has 0 aliphatic carbocycles. The first-order valence-corrected chi connectivity index (χ1v) is 24.8. The van der Waals surface area contributed by atoms with Gasteiger partial charge in [-0.25, -0.2) is 9.59 Å². The quantitative estimate of drug-likeness (QED) is 0.0663. The molecule has 0 saturated heterocycles. The Morgan fingerprint density at radius 2 is 1.37 bits per heavy atom. The number of hydrogen-bond acceptors (Lipinski definition) is 10. The smallest absolute Gasteiger partial charge is 0.389 e. The highest BCUT2D eigenvalue weighted by Gasteiger charge is 2.40. The van der Waals surface area contributed by atoms with Gasteiger partial charge in [0.05, 0.1) is 24.2 Å². The molecular formula is C52H70BrF3N6O9. The predicted molar refractivity (Wildman–Crippen MR) is 265 cm³/mol. The molecule has 0 bridgehead atoms. The van der Waals surface area contributed by atoms with Crippen molar-refractivity contribution in [3.05, 3.63) is 70.3 Å². The molecule has 3 aromatic rings. The maximum absolute atomic E-state index is 15.0. The molecule has 0 aliphatic heterocycles. The lowest BCUT2D eigenvalue weighted by Crippen LogP contribution is -2.51. The molecule has 0 unspecified atom stereocenters. The SMILES string of the molecule is CC[C@H](N)C(=O)N(C)[C@@H](CC(C)C)C(=O)C[C@@H](CC(C)C)C(=O)N(C)[C@@H](Cc1cn(Cc2ccc(Br)cc2)c2ccccc12)C(=O)C[C@@H](CCC(F)(F)F)C(=O)N(C)[C@@H](C)C(=O)O[C@H](CCC#N)C(=O)O. The summed E-state index contributed by atoms with van der Waals surface area (Å²) in [7, 11) is 4.03. The van der Waals surface area contributed by atoms with Crippen molar-refractivity contribution >= 4 is 68.1 Å². The number of ether oxygens (including phenoxy) is 1. The van der Waals surface area contributed by atoms with E-state index in [-0.39, 0.29) is 49.7 Å². The Balaban J connectivity index is 2.16. The van der Waals surface area contributed by atoms with Crippen LogP contribution in [-0.4, -0.2) is 123 Å².